The number of carbonyl (C=O) groups is 2. The van der Waals surface area contributed by atoms with Gasteiger partial charge < -0.3 is 10.2 Å². The van der Waals surface area contributed by atoms with Crippen LogP contribution in [0.2, 0.25) is 0 Å². The van der Waals surface area contributed by atoms with Gasteiger partial charge in [0.2, 0.25) is 11.8 Å². The molecule has 0 aromatic heterocycles. The Morgan fingerprint density at radius 1 is 0.861 bits per heavy atom. The van der Waals surface area contributed by atoms with Crippen molar-refractivity contribution in [3.8, 4) is 0 Å². The van der Waals surface area contributed by atoms with E-state index in [1.165, 1.54) is 11.1 Å². The standard InChI is InChI=1S/C31H38N2O2S/c1-23(2)19-32-31(35)29(18-26-11-6-5-7-12-26)33(20-28-13-9-8-10-25(28)4)30(34)22-36-21-27-16-14-24(3)15-17-27/h5-17,23,29H,18-22H2,1-4H3,(H,32,35)/t29-/m0/s1. The number of nitrogens with zero attached hydrogens (tertiary/aromatic N) is 1. The first kappa shape index (κ1) is 27.5. The molecule has 0 aliphatic carbocycles. The fraction of sp³-hybridized carbons (Fsp3) is 0.355. The van der Waals surface area contributed by atoms with E-state index in [0.29, 0.717) is 31.2 Å². The summed E-state index contributed by atoms with van der Waals surface area (Å²) in [6.45, 7) is 9.26. The predicted octanol–water partition coefficient (Wildman–Crippen LogP) is 5.95. The number of hydrogen-bond donors (Lipinski definition) is 1. The minimum Gasteiger partial charge on any atom is -0.354 e. The summed E-state index contributed by atoms with van der Waals surface area (Å²) in [4.78, 5) is 29.0. The Morgan fingerprint density at radius 2 is 1.53 bits per heavy atom. The van der Waals surface area contributed by atoms with Gasteiger partial charge in [-0.2, -0.15) is 0 Å². The van der Waals surface area contributed by atoms with Crippen LogP contribution in [0.5, 0.6) is 0 Å². The third kappa shape index (κ3) is 8.56. The molecule has 1 atom stereocenters. The molecule has 0 fully saturated rings. The molecule has 0 aliphatic heterocycles. The molecule has 0 unspecified atom stereocenters. The van der Waals surface area contributed by atoms with Crippen molar-refractivity contribution in [2.75, 3.05) is 12.3 Å². The number of thioether (sulfide) groups is 1. The van der Waals surface area contributed by atoms with Crippen molar-refractivity contribution < 1.29 is 9.59 Å². The van der Waals surface area contributed by atoms with Gasteiger partial charge in [0.25, 0.3) is 0 Å². The molecule has 0 bridgehead atoms. The van der Waals surface area contributed by atoms with E-state index in [9.17, 15) is 9.59 Å². The van der Waals surface area contributed by atoms with Gasteiger partial charge >= 0.3 is 0 Å². The highest BCUT2D eigenvalue weighted by Crippen LogP contribution is 2.20. The van der Waals surface area contributed by atoms with Crippen LogP contribution < -0.4 is 5.32 Å². The SMILES string of the molecule is Cc1ccc(CSCC(=O)N(Cc2ccccc2C)[C@@H](Cc2ccccc2)C(=O)NCC(C)C)cc1. The van der Waals surface area contributed by atoms with Gasteiger partial charge in [-0.15, -0.1) is 11.8 Å². The highest BCUT2D eigenvalue weighted by molar-refractivity contribution is 7.99. The largest absolute Gasteiger partial charge is 0.354 e. The zero-order valence-electron chi connectivity index (χ0n) is 21.9. The number of carbonyl (C=O) groups excluding carboxylic acids is 2. The van der Waals surface area contributed by atoms with Crippen LogP contribution in [0, 0.1) is 19.8 Å². The Balaban J connectivity index is 1.84. The summed E-state index contributed by atoms with van der Waals surface area (Å²) in [6.07, 6.45) is 0.477. The molecule has 4 nitrogen and oxygen atoms in total. The first-order valence-electron chi connectivity index (χ1n) is 12.6. The molecule has 0 heterocycles. The molecule has 3 aromatic carbocycles. The average Bonchev–Trinajstić information content (AvgIpc) is 2.87. The van der Waals surface area contributed by atoms with Crippen LogP contribution >= 0.6 is 11.8 Å². The van der Waals surface area contributed by atoms with E-state index in [1.54, 1.807) is 16.7 Å². The number of nitrogens with one attached hydrogen (secondary N) is 1. The molecule has 190 valence electrons. The summed E-state index contributed by atoms with van der Waals surface area (Å²) in [5.74, 6) is 1.29. The van der Waals surface area contributed by atoms with Crippen molar-refractivity contribution in [3.63, 3.8) is 0 Å². The lowest BCUT2D eigenvalue weighted by Gasteiger charge is -2.32. The average molecular weight is 503 g/mol. The lowest BCUT2D eigenvalue weighted by Crippen LogP contribution is -2.51. The molecule has 0 aliphatic rings. The van der Waals surface area contributed by atoms with Crippen molar-refractivity contribution in [2.45, 2.75) is 52.5 Å². The first-order valence-corrected chi connectivity index (χ1v) is 13.8. The lowest BCUT2D eigenvalue weighted by molar-refractivity contribution is -0.139. The van der Waals surface area contributed by atoms with E-state index < -0.39 is 6.04 Å². The fourth-order valence-corrected chi connectivity index (χ4v) is 4.84. The van der Waals surface area contributed by atoms with Crippen LogP contribution in [0.1, 0.15) is 41.7 Å². The van der Waals surface area contributed by atoms with Gasteiger partial charge in [0.05, 0.1) is 5.75 Å². The molecule has 1 N–H and O–H groups in total. The number of benzene rings is 3. The van der Waals surface area contributed by atoms with E-state index in [2.05, 4.69) is 63.3 Å². The van der Waals surface area contributed by atoms with Crippen LogP contribution in [-0.4, -0.2) is 35.1 Å². The van der Waals surface area contributed by atoms with E-state index in [1.807, 2.05) is 48.5 Å². The fourth-order valence-electron chi connectivity index (χ4n) is 3.97. The van der Waals surface area contributed by atoms with Gasteiger partial charge in [-0.05, 0) is 42.0 Å². The lowest BCUT2D eigenvalue weighted by atomic mass is 10.0. The second-order valence-electron chi connectivity index (χ2n) is 9.77. The number of hydrogen-bond acceptors (Lipinski definition) is 3. The third-order valence-electron chi connectivity index (χ3n) is 6.17. The molecule has 3 aromatic rings. The second-order valence-corrected chi connectivity index (χ2v) is 10.8. The summed E-state index contributed by atoms with van der Waals surface area (Å²) < 4.78 is 0. The van der Waals surface area contributed by atoms with Gasteiger partial charge in [0, 0.05) is 25.3 Å². The monoisotopic (exact) mass is 502 g/mol. The second kappa shape index (κ2) is 13.9. The molecule has 0 spiro atoms. The molecule has 0 saturated heterocycles. The van der Waals surface area contributed by atoms with Gasteiger partial charge in [-0.25, -0.2) is 0 Å². The summed E-state index contributed by atoms with van der Waals surface area (Å²) in [6, 6.07) is 25.9. The smallest absolute Gasteiger partial charge is 0.243 e. The van der Waals surface area contributed by atoms with Crippen LogP contribution in [-0.2, 0) is 28.3 Å². The summed E-state index contributed by atoms with van der Waals surface area (Å²) in [7, 11) is 0. The van der Waals surface area contributed by atoms with Crippen LogP contribution in [0.15, 0.2) is 78.9 Å². The first-order chi connectivity index (χ1) is 17.3. The predicted molar refractivity (Wildman–Crippen MR) is 151 cm³/mol. The van der Waals surface area contributed by atoms with Gasteiger partial charge in [0.15, 0.2) is 0 Å². The van der Waals surface area contributed by atoms with Gasteiger partial charge in [-0.3, -0.25) is 9.59 Å². The number of rotatable bonds is 12. The zero-order chi connectivity index (χ0) is 25.9. The van der Waals surface area contributed by atoms with E-state index in [4.69, 9.17) is 0 Å². The normalized spacial score (nSPS) is 11.8. The molecule has 3 rings (SSSR count). The Hall–Kier alpha value is -3.05. The summed E-state index contributed by atoms with van der Waals surface area (Å²) in [5.41, 5.74) is 5.63. The maximum absolute atomic E-state index is 13.7. The summed E-state index contributed by atoms with van der Waals surface area (Å²) in [5, 5.41) is 3.09. The quantitative estimate of drug-likeness (QED) is 0.333. The number of amides is 2. The van der Waals surface area contributed by atoms with Crippen LogP contribution in [0.4, 0.5) is 0 Å². The molecule has 5 heteroatoms. The molecule has 0 saturated carbocycles. The Kier molecular flexibility index (Phi) is 10.6. The van der Waals surface area contributed by atoms with Crippen molar-refractivity contribution in [3.05, 3.63) is 107 Å². The van der Waals surface area contributed by atoms with E-state index >= 15 is 0 Å². The maximum Gasteiger partial charge on any atom is 0.243 e. The molecular weight excluding hydrogens is 464 g/mol. The third-order valence-corrected chi connectivity index (χ3v) is 7.16. The molecule has 36 heavy (non-hydrogen) atoms. The van der Waals surface area contributed by atoms with Crippen molar-refractivity contribution in [1.29, 1.82) is 0 Å². The Morgan fingerprint density at radius 3 is 2.19 bits per heavy atom. The molecule has 0 radical (unpaired) electrons. The minimum atomic E-state index is -0.585. The molecule has 2 amide bonds. The van der Waals surface area contributed by atoms with Gasteiger partial charge in [-0.1, -0.05) is 98.3 Å². The van der Waals surface area contributed by atoms with Gasteiger partial charge in [0.1, 0.15) is 6.04 Å². The van der Waals surface area contributed by atoms with Crippen molar-refractivity contribution >= 4 is 23.6 Å². The zero-order valence-corrected chi connectivity index (χ0v) is 22.7. The van der Waals surface area contributed by atoms with E-state index in [0.717, 1.165) is 22.4 Å². The topological polar surface area (TPSA) is 49.4 Å². The minimum absolute atomic E-state index is 0.0176. The highest BCUT2D eigenvalue weighted by Gasteiger charge is 2.30. The van der Waals surface area contributed by atoms with Crippen LogP contribution in [0.3, 0.4) is 0 Å². The summed E-state index contributed by atoms with van der Waals surface area (Å²) >= 11 is 1.59. The number of aryl methyl sites for hydroxylation is 2. The maximum atomic E-state index is 13.7. The highest BCUT2D eigenvalue weighted by atomic mass is 32.2. The van der Waals surface area contributed by atoms with Crippen molar-refractivity contribution in [2.24, 2.45) is 5.92 Å². The van der Waals surface area contributed by atoms with Crippen LogP contribution in [0.25, 0.3) is 0 Å². The Bertz CT molecular complexity index is 1110. The molecular formula is C31H38N2O2S. The van der Waals surface area contributed by atoms with E-state index in [-0.39, 0.29) is 11.8 Å². The Labute approximate surface area is 220 Å². The van der Waals surface area contributed by atoms with Crippen molar-refractivity contribution in [1.82, 2.24) is 10.2 Å².